The minimum atomic E-state index is -1.01. The number of Topliss-reactive ketones (excluding diaryl/α,β-unsaturated/α-hetero) is 1. The van der Waals surface area contributed by atoms with E-state index in [0.29, 0.717) is 15.7 Å². The molecule has 1 amide bonds. The van der Waals surface area contributed by atoms with Crippen LogP contribution in [0.4, 0.5) is 15.2 Å². The average Bonchev–Trinajstić information content (AvgIpc) is 3.61. The highest BCUT2D eigenvalue weighted by Crippen LogP contribution is 2.44. The summed E-state index contributed by atoms with van der Waals surface area (Å²) in [7, 11) is 5.13. The lowest BCUT2D eigenvalue weighted by Gasteiger charge is -2.23. The van der Waals surface area contributed by atoms with E-state index < -0.39 is 29.3 Å². The first-order valence-electron chi connectivity index (χ1n) is 13.6. The molecule has 0 saturated carbocycles. The van der Waals surface area contributed by atoms with E-state index in [-0.39, 0.29) is 22.0 Å². The first-order chi connectivity index (χ1) is 21.3. The number of hydrogen-bond acceptors (Lipinski definition) is 9. The number of nitrogens with zero attached hydrogens (tertiary/aromatic N) is 4. The fraction of sp³-hybridized carbons (Fsp3) is 0.152. The summed E-state index contributed by atoms with van der Waals surface area (Å²) >= 11 is 2.67. The molecule has 44 heavy (non-hydrogen) atoms. The Morgan fingerprint density at radius 2 is 1.77 bits per heavy atom. The summed E-state index contributed by atoms with van der Waals surface area (Å²) in [5.74, 6) is -2.35. The largest absolute Gasteiger partial charge is 0.507 e. The lowest BCUT2D eigenvalue weighted by Crippen LogP contribution is -2.29. The van der Waals surface area contributed by atoms with Gasteiger partial charge >= 0.3 is 5.91 Å². The fourth-order valence-electron chi connectivity index (χ4n) is 5.19. The topological polar surface area (TPSA) is 95.9 Å². The number of hydrogen-bond donors (Lipinski definition) is 1. The Hall–Kier alpha value is -4.74. The van der Waals surface area contributed by atoms with E-state index in [4.69, 9.17) is 4.74 Å². The van der Waals surface area contributed by atoms with Gasteiger partial charge in [-0.05, 0) is 52.2 Å². The zero-order valence-electron chi connectivity index (χ0n) is 24.0. The summed E-state index contributed by atoms with van der Waals surface area (Å²) in [5.41, 5.74) is 2.49. The Bertz CT molecular complexity index is 1920. The van der Waals surface area contributed by atoms with Gasteiger partial charge in [-0.3, -0.25) is 14.5 Å². The number of fused-ring (bicyclic) bond motifs is 1. The number of aromatic nitrogens is 2. The van der Waals surface area contributed by atoms with Crippen LogP contribution in [0.15, 0.2) is 94.8 Å². The number of aliphatic hydroxyl groups excluding tert-OH is 1. The predicted molar refractivity (Wildman–Crippen MR) is 172 cm³/mol. The Morgan fingerprint density at radius 1 is 1.02 bits per heavy atom. The standard InChI is InChI=1S/C33H27FN4O4S2/c1-37(2)23-14-11-20(12-15-23)28-27(29(39)21-13-16-26(42-3)25(34)17-21)30(40)31(41)38(28)32-35-36-33(44-32)43-18-22-9-6-8-19-7-4-5-10-24(19)22/h4-17,28,39H,18H2,1-3H3/t28-/m0/s1. The highest BCUT2D eigenvalue weighted by molar-refractivity contribution is 8.00. The molecule has 1 aliphatic heterocycles. The lowest BCUT2D eigenvalue weighted by molar-refractivity contribution is -0.132. The van der Waals surface area contributed by atoms with Gasteiger partial charge in [0.2, 0.25) is 5.13 Å². The van der Waals surface area contributed by atoms with Crippen molar-refractivity contribution in [3.8, 4) is 5.75 Å². The Morgan fingerprint density at radius 3 is 2.50 bits per heavy atom. The summed E-state index contributed by atoms with van der Waals surface area (Å²) in [4.78, 5) is 30.3. The van der Waals surface area contributed by atoms with Crippen molar-refractivity contribution >= 4 is 62.1 Å². The van der Waals surface area contributed by atoms with Gasteiger partial charge in [0.15, 0.2) is 15.9 Å². The third kappa shape index (κ3) is 5.40. The van der Waals surface area contributed by atoms with Gasteiger partial charge in [-0.15, -0.1) is 10.2 Å². The molecule has 0 bridgehead atoms. The maximum Gasteiger partial charge on any atom is 0.301 e. The summed E-state index contributed by atoms with van der Waals surface area (Å²) in [6.07, 6.45) is 0. The van der Waals surface area contributed by atoms with Gasteiger partial charge in [-0.1, -0.05) is 77.7 Å². The molecule has 2 heterocycles. The molecule has 1 aromatic heterocycles. The van der Waals surface area contributed by atoms with Crippen molar-refractivity contribution in [3.63, 3.8) is 0 Å². The highest BCUT2D eigenvalue weighted by atomic mass is 32.2. The van der Waals surface area contributed by atoms with Crippen molar-refractivity contribution < 1.29 is 23.8 Å². The van der Waals surface area contributed by atoms with Gasteiger partial charge in [0.1, 0.15) is 5.76 Å². The van der Waals surface area contributed by atoms with Gasteiger partial charge in [0.05, 0.1) is 18.7 Å². The summed E-state index contributed by atoms with van der Waals surface area (Å²) < 4.78 is 20.2. The van der Waals surface area contributed by atoms with Gasteiger partial charge < -0.3 is 14.7 Å². The van der Waals surface area contributed by atoms with Crippen molar-refractivity contribution in [3.05, 3.63) is 113 Å². The van der Waals surface area contributed by atoms with Crippen LogP contribution in [0, 0.1) is 5.82 Å². The van der Waals surface area contributed by atoms with E-state index in [9.17, 15) is 19.1 Å². The monoisotopic (exact) mass is 626 g/mol. The molecule has 5 aromatic rings. The number of ketones is 1. The highest BCUT2D eigenvalue weighted by Gasteiger charge is 2.48. The number of thioether (sulfide) groups is 1. The second kappa shape index (κ2) is 12.1. The molecule has 222 valence electrons. The van der Waals surface area contributed by atoms with E-state index in [1.165, 1.54) is 47.2 Å². The van der Waals surface area contributed by atoms with E-state index in [2.05, 4.69) is 34.5 Å². The number of aliphatic hydroxyl groups is 1. The molecule has 0 aliphatic carbocycles. The molecule has 0 unspecified atom stereocenters. The van der Waals surface area contributed by atoms with Crippen LogP contribution in [0.25, 0.3) is 16.5 Å². The minimum Gasteiger partial charge on any atom is -0.507 e. The number of amides is 1. The fourth-order valence-corrected chi connectivity index (χ4v) is 7.06. The number of carbonyl (C=O) groups is 2. The maximum atomic E-state index is 14.6. The van der Waals surface area contributed by atoms with Gasteiger partial charge in [-0.2, -0.15) is 0 Å². The summed E-state index contributed by atoms with van der Waals surface area (Å²) in [6, 6.07) is 24.4. The maximum absolute atomic E-state index is 14.6. The minimum absolute atomic E-state index is 0.0137. The van der Waals surface area contributed by atoms with E-state index in [1.807, 2.05) is 49.3 Å². The van der Waals surface area contributed by atoms with Gasteiger partial charge in [0.25, 0.3) is 5.78 Å². The molecule has 6 rings (SSSR count). The second-order valence-corrected chi connectivity index (χ2v) is 12.5. The molecule has 11 heteroatoms. The zero-order valence-corrected chi connectivity index (χ0v) is 25.7. The summed E-state index contributed by atoms with van der Waals surface area (Å²) in [6.45, 7) is 0. The number of anilines is 2. The van der Waals surface area contributed by atoms with Crippen molar-refractivity contribution in [2.24, 2.45) is 0 Å². The van der Waals surface area contributed by atoms with Gasteiger partial charge in [-0.25, -0.2) is 4.39 Å². The SMILES string of the molecule is COc1ccc(C(O)=C2C(=O)C(=O)N(c3nnc(SCc4cccc5ccccc45)s3)[C@H]2c2ccc(N(C)C)cc2)cc1F. The number of benzene rings is 4. The van der Waals surface area contributed by atoms with Crippen molar-refractivity contribution in [2.75, 3.05) is 31.0 Å². The molecule has 1 saturated heterocycles. The third-order valence-electron chi connectivity index (χ3n) is 7.43. The van der Waals surface area contributed by atoms with E-state index >= 15 is 0 Å². The van der Waals surface area contributed by atoms with Crippen LogP contribution in [0.5, 0.6) is 5.75 Å². The number of methoxy groups -OCH3 is 1. The molecule has 8 nitrogen and oxygen atoms in total. The first-order valence-corrected chi connectivity index (χ1v) is 15.4. The molecular formula is C33H27FN4O4S2. The Balaban J connectivity index is 1.38. The van der Waals surface area contributed by atoms with Crippen LogP contribution in [0.1, 0.15) is 22.7 Å². The van der Waals surface area contributed by atoms with Crippen LogP contribution >= 0.6 is 23.1 Å². The molecule has 1 atom stereocenters. The van der Waals surface area contributed by atoms with Crippen LogP contribution in [0.3, 0.4) is 0 Å². The Kier molecular flexibility index (Phi) is 8.07. The lowest BCUT2D eigenvalue weighted by atomic mass is 9.95. The Labute approximate surface area is 261 Å². The predicted octanol–water partition coefficient (Wildman–Crippen LogP) is 6.82. The molecule has 0 radical (unpaired) electrons. The molecule has 1 N–H and O–H groups in total. The normalized spacial score (nSPS) is 16.1. The van der Waals surface area contributed by atoms with Crippen LogP contribution in [-0.4, -0.2) is 48.2 Å². The number of carbonyl (C=O) groups excluding carboxylic acids is 2. The van der Waals surface area contributed by atoms with E-state index in [0.717, 1.165) is 28.1 Å². The molecule has 4 aromatic carbocycles. The second-order valence-electron chi connectivity index (χ2n) is 10.3. The number of halogens is 1. The van der Waals surface area contributed by atoms with Gasteiger partial charge in [0, 0.05) is 31.1 Å². The molecule has 1 fully saturated rings. The van der Waals surface area contributed by atoms with Crippen LogP contribution < -0.4 is 14.5 Å². The number of rotatable bonds is 8. The molecule has 0 spiro atoms. The first kappa shape index (κ1) is 29.3. The zero-order chi connectivity index (χ0) is 31.0. The summed E-state index contributed by atoms with van der Waals surface area (Å²) in [5, 5.41) is 22.5. The quantitative estimate of drug-likeness (QED) is 0.0659. The number of ether oxygens (including phenoxy) is 1. The van der Waals surface area contributed by atoms with Crippen molar-refractivity contribution in [1.82, 2.24) is 10.2 Å². The van der Waals surface area contributed by atoms with E-state index in [1.54, 1.807) is 12.1 Å². The van der Waals surface area contributed by atoms with Crippen molar-refractivity contribution in [1.29, 1.82) is 0 Å². The van der Waals surface area contributed by atoms with Crippen LogP contribution in [0.2, 0.25) is 0 Å². The third-order valence-corrected chi connectivity index (χ3v) is 9.53. The smallest absolute Gasteiger partial charge is 0.301 e. The van der Waals surface area contributed by atoms with Crippen LogP contribution in [-0.2, 0) is 15.3 Å². The molecular weight excluding hydrogens is 600 g/mol. The molecule has 1 aliphatic rings. The average molecular weight is 627 g/mol. The van der Waals surface area contributed by atoms with Crippen molar-refractivity contribution in [2.45, 2.75) is 16.1 Å².